The molecule has 2 aromatic rings. The van der Waals surface area contributed by atoms with Crippen LogP contribution in [-0.4, -0.2) is 29.7 Å². The van der Waals surface area contributed by atoms with Crippen LogP contribution < -0.4 is 0 Å². The molecule has 0 aliphatic rings. The van der Waals surface area contributed by atoms with Crippen LogP contribution in [-0.2, 0) is 16.1 Å². The van der Waals surface area contributed by atoms with E-state index < -0.39 is 11.4 Å². The van der Waals surface area contributed by atoms with E-state index in [1.54, 1.807) is 7.11 Å². The minimum Gasteiger partial charge on any atom is -0.591 e. The molecule has 4 heteroatoms. The minimum absolute atomic E-state index is 0.360. The molecule has 2 aromatic carbocycles. The van der Waals surface area contributed by atoms with Crippen LogP contribution in [0.1, 0.15) is 38.7 Å². The zero-order valence-electron chi connectivity index (χ0n) is 16.0. The molecule has 0 amide bonds. The second kappa shape index (κ2) is 11.2. The molecule has 0 aliphatic heterocycles. The molecule has 0 radical (unpaired) electrons. The van der Waals surface area contributed by atoms with Crippen LogP contribution in [0.15, 0.2) is 59.0 Å². The van der Waals surface area contributed by atoms with Crippen molar-refractivity contribution < 1.29 is 9.29 Å². The first-order valence-corrected chi connectivity index (χ1v) is 10.5. The lowest BCUT2D eigenvalue weighted by atomic mass is 9.94. The van der Waals surface area contributed by atoms with Crippen molar-refractivity contribution in [1.29, 1.82) is 0 Å². The third-order valence-corrected chi connectivity index (χ3v) is 5.40. The van der Waals surface area contributed by atoms with Crippen LogP contribution in [0.4, 0.5) is 0 Å². The Kier molecular flexibility index (Phi) is 8.89. The molecule has 0 fully saturated rings. The van der Waals surface area contributed by atoms with Gasteiger partial charge in [0.1, 0.15) is 5.75 Å². The monoisotopic (exact) mass is 371 g/mol. The van der Waals surface area contributed by atoms with Gasteiger partial charge in [0.2, 0.25) is 0 Å². The van der Waals surface area contributed by atoms with Gasteiger partial charge in [0.25, 0.3) is 0 Å². The number of ether oxygens (including phenoxy) is 1. The van der Waals surface area contributed by atoms with E-state index in [1.807, 2.05) is 30.3 Å². The van der Waals surface area contributed by atoms with Crippen molar-refractivity contribution in [1.82, 2.24) is 0 Å². The largest absolute Gasteiger partial charge is 0.591 e. The molecule has 0 bridgehead atoms. The molecule has 3 nitrogen and oxygen atoms in total. The van der Waals surface area contributed by atoms with Crippen molar-refractivity contribution in [2.24, 2.45) is 10.3 Å². The number of hydrogen-bond acceptors (Lipinski definition) is 3. The summed E-state index contributed by atoms with van der Waals surface area (Å²) in [6.07, 6.45) is 2.74. The predicted octanol–water partition coefficient (Wildman–Crippen LogP) is 5.28. The first-order valence-electron chi connectivity index (χ1n) is 9.21. The molecule has 0 N–H and O–H groups in total. The van der Waals surface area contributed by atoms with Crippen LogP contribution in [0.25, 0.3) is 11.1 Å². The maximum Gasteiger partial charge on any atom is 0.135 e. The van der Waals surface area contributed by atoms with Crippen molar-refractivity contribution in [2.75, 3.05) is 19.5 Å². The van der Waals surface area contributed by atoms with Crippen LogP contribution in [0, 0.1) is 5.92 Å². The Bertz CT molecular complexity index is 686. The molecule has 0 aromatic heterocycles. The Balaban J connectivity index is 2.34. The van der Waals surface area contributed by atoms with Crippen molar-refractivity contribution in [3.05, 3.63) is 60.2 Å². The smallest absolute Gasteiger partial charge is 0.135 e. The quantitative estimate of drug-likeness (QED) is 0.324. The highest BCUT2D eigenvalue weighted by atomic mass is 32.2. The fourth-order valence-corrected chi connectivity index (χ4v) is 3.90. The highest BCUT2D eigenvalue weighted by molar-refractivity contribution is 7.90. The molecule has 0 aliphatic carbocycles. The maximum atomic E-state index is 12.5. The van der Waals surface area contributed by atoms with Crippen LogP contribution in [0.5, 0.6) is 0 Å². The van der Waals surface area contributed by atoms with E-state index in [-0.39, 0.29) is 0 Å². The summed E-state index contributed by atoms with van der Waals surface area (Å²) in [4.78, 5) is 0. The average Bonchev–Trinajstić information content (AvgIpc) is 2.64. The Labute approximate surface area is 160 Å². The summed E-state index contributed by atoms with van der Waals surface area (Å²) in [6, 6.07) is 18.6. The predicted molar refractivity (Wildman–Crippen MR) is 112 cm³/mol. The van der Waals surface area contributed by atoms with Crippen LogP contribution >= 0.6 is 0 Å². The normalized spacial score (nSPS) is 13.2. The lowest BCUT2D eigenvalue weighted by Crippen LogP contribution is -2.13. The topological polar surface area (TPSA) is 44.6 Å². The number of nitrogens with zero attached hydrogens (tertiary/aromatic N) is 1. The Morgan fingerprint density at radius 2 is 1.73 bits per heavy atom. The summed E-state index contributed by atoms with van der Waals surface area (Å²) < 4.78 is 22.2. The minimum atomic E-state index is -1.20. The van der Waals surface area contributed by atoms with Gasteiger partial charge in [0.15, 0.2) is 0 Å². The van der Waals surface area contributed by atoms with Gasteiger partial charge >= 0.3 is 0 Å². The van der Waals surface area contributed by atoms with Gasteiger partial charge in [-0.1, -0.05) is 72.8 Å². The van der Waals surface area contributed by atoms with Crippen molar-refractivity contribution in [3.63, 3.8) is 0 Å². The molecule has 2 rings (SSSR count). The van der Waals surface area contributed by atoms with Gasteiger partial charge in [0.05, 0.1) is 17.1 Å². The van der Waals surface area contributed by atoms with Gasteiger partial charge in [-0.15, -0.1) is 0 Å². The SMILES string of the molecule is COCCCC/C(=N\[S+]([O-])CC(C)C)c1ccccc1-c1ccccc1. The molecule has 1 unspecified atom stereocenters. The lowest BCUT2D eigenvalue weighted by Gasteiger charge is -2.14. The van der Waals surface area contributed by atoms with Crippen LogP contribution in [0.3, 0.4) is 0 Å². The molecular formula is C22H29NO2S. The lowest BCUT2D eigenvalue weighted by molar-refractivity contribution is 0.193. The molecule has 0 spiro atoms. The molecule has 0 saturated carbocycles. The Morgan fingerprint density at radius 1 is 1.04 bits per heavy atom. The first kappa shape index (κ1) is 20.7. The number of benzene rings is 2. The van der Waals surface area contributed by atoms with E-state index in [2.05, 4.69) is 42.5 Å². The van der Waals surface area contributed by atoms with Gasteiger partial charge in [-0.2, -0.15) is 0 Å². The van der Waals surface area contributed by atoms with E-state index in [4.69, 9.17) is 4.74 Å². The number of rotatable bonds is 10. The van der Waals surface area contributed by atoms with E-state index in [0.29, 0.717) is 11.7 Å². The van der Waals surface area contributed by atoms with Crippen molar-refractivity contribution >= 4 is 17.1 Å². The molecule has 140 valence electrons. The maximum absolute atomic E-state index is 12.5. The molecule has 0 heterocycles. The summed E-state index contributed by atoms with van der Waals surface area (Å²) in [7, 11) is 1.72. The third kappa shape index (κ3) is 6.60. The number of methoxy groups -OCH3 is 1. The third-order valence-electron chi connectivity index (χ3n) is 4.02. The van der Waals surface area contributed by atoms with Crippen molar-refractivity contribution in [2.45, 2.75) is 33.1 Å². The van der Waals surface area contributed by atoms with Gasteiger partial charge in [-0.05, 0) is 30.4 Å². The number of hydrogen-bond donors (Lipinski definition) is 0. The molecule has 26 heavy (non-hydrogen) atoms. The summed E-state index contributed by atoms with van der Waals surface area (Å²) in [5, 5.41) is 0. The first-order chi connectivity index (χ1) is 12.6. The Hall–Kier alpha value is -1.62. The summed E-state index contributed by atoms with van der Waals surface area (Å²) >= 11 is -1.20. The zero-order chi connectivity index (χ0) is 18.8. The van der Waals surface area contributed by atoms with E-state index in [9.17, 15) is 4.55 Å². The van der Waals surface area contributed by atoms with Gasteiger partial charge in [-0.25, -0.2) is 0 Å². The Morgan fingerprint density at radius 3 is 2.42 bits per heavy atom. The van der Waals surface area contributed by atoms with E-state index in [0.717, 1.165) is 48.3 Å². The molecular weight excluding hydrogens is 342 g/mol. The second-order valence-corrected chi connectivity index (χ2v) is 7.94. The standard InChI is InChI=1S/C22H29NO2S/c1-18(2)17-26(24)23-22(15-9-10-16-25-3)21-14-8-7-13-20(21)19-11-5-4-6-12-19/h4-8,11-14,18H,9-10,15-17H2,1-3H3/b23-22+. The summed E-state index contributed by atoms with van der Waals surface area (Å²) in [6.45, 7) is 4.88. The highest BCUT2D eigenvalue weighted by Crippen LogP contribution is 2.26. The van der Waals surface area contributed by atoms with Gasteiger partial charge in [0, 0.05) is 25.2 Å². The average molecular weight is 372 g/mol. The fraction of sp³-hybridized carbons (Fsp3) is 0.409. The summed E-state index contributed by atoms with van der Waals surface area (Å²) in [5.74, 6) is 0.952. The van der Waals surface area contributed by atoms with Gasteiger partial charge in [-0.3, -0.25) is 0 Å². The number of unbranched alkanes of at least 4 members (excludes halogenated alkanes) is 1. The fourth-order valence-electron chi connectivity index (χ4n) is 2.82. The van der Waals surface area contributed by atoms with Crippen LogP contribution in [0.2, 0.25) is 0 Å². The van der Waals surface area contributed by atoms with Gasteiger partial charge < -0.3 is 9.29 Å². The van der Waals surface area contributed by atoms with E-state index >= 15 is 0 Å². The highest BCUT2D eigenvalue weighted by Gasteiger charge is 2.16. The molecule has 1 atom stereocenters. The second-order valence-electron chi connectivity index (χ2n) is 6.78. The zero-order valence-corrected chi connectivity index (χ0v) is 16.8. The van der Waals surface area contributed by atoms with E-state index in [1.165, 1.54) is 0 Å². The summed E-state index contributed by atoms with van der Waals surface area (Å²) in [5.41, 5.74) is 4.30. The van der Waals surface area contributed by atoms with Crippen molar-refractivity contribution in [3.8, 4) is 11.1 Å². The molecule has 0 saturated heterocycles.